The van der Waals surface area contributed by atoms with Gasteiger partial charge in [0, 0.05) is 0 Å². The molecule has 0 aliphatic heterocycles. The first kappa shape index (κ1) is 25.4. The van der Waals surface area contributed by atoms with E-state index in [-0.39, 0.29) is 11.6 Å². The van der Waals surface area contributed by atoms with Gasteiger partial charge in [0.1, 0.15) is 24.8 Å². The Hall–Kier alpha value is -2.64. The summed E-state index contributed by atoms with van der Waals surface area (Å²) in [6, 6.07) is 0. The number of hydrogen-bond acceptors (Lipinski definition) is 4. The van der Waals surface area contributed by atoms with Crippen molar-refractivity contribution in [2.75, 3.05) is 0 Å². The third kappa shape index (κ3) is 8.00. The van der Waals surface area contributed by atoms with Crippen LogP contribution in [0.25, 0.3) is 0 Å². The number of aromatic nitrogens is 4. The first-order valence-electron chi connectivity index (χ1n) is 10.9. The fourth-order valence-electron chi connectivity index (χ4n) is 3.32. The molecule has 0 atom stereocenters. The minimum Gasteiger partial charge on any atom is -0.538 e. The van der Waals surface area contributed by atoms with Crippen LogP contribution in [0.2, 0.25) is 0 Å². The van der Waals surface area contributed by atoms with E-state index in [0.717, 1.165) is 38.8 Å². The number of nitrogens with zero attached hydrogens (tertiary/aromatic N) is 4. The monoisotopic (exact) mass is 420 g/mol. The smallest absolute Gasteiger partial charge is 0.304 e. The van der Waals surface area contributed by atoms with Crippen molar-refractivity contribution in [1.29, 1.82) is 0 Å². The highest BCUT2D eigenvalue weighted by atomic mass is 16.4. The molecule has 2 aromatic heterocycles. The second kappa shape index (κ2) is 13.6. The summed E-state index contributed by atoms with van der Waals surface area (Å²) in [5.41, 5.74) is 0. The van der Waals surface area contributed by atoms with Gasteiger partial charge < -0.3 is 19.8 Å². The van der Waals surface area contributed by atoms with Crippen LogP contribution in [-0.2, 0) is 27.2 Å². The number of carbonyl (C=O) groups excluding carboxylic acids is 2. The molecule has 8 heteroatoms. The number of hydrogen-bond donors (Lipinski definition) is 0. The number of imidazole rings is 2. The first-order chi connectivity index (χ1) is 14.3. The molecule has 0 saturated carbocycles. The van der Waals surface area contributed by atoms with Crippen molar-refractivity contribution in [3.8, 4) is 0 Å². The van der Waals surface area contributed by atoms with E-state index in [9.17, 15) is 19.8 Å². The van der Waals surface area contributed by atoms with Crippen LogP contribution in [0, 0.1) is 0 Å². The highest BCUT2D eigenvalue weighted by Gasteiger charge is 2.15. The Kier molecular flexibility index (Phi) is 11.5. The highest BCUT2D eigenvalue weighted by molar-refractivity contribution is 5.80. The SMILES string of the molecule is CCCCCCCCn1cc[n+](C)c1C(=O)[O-].CCCCn1cc[n+](C)c1C(=O)[O-]. The minimum absolute atomic E-state index is 0.230. The van der Waals surface area contributed by atoms with E-state index in [1.54, 1.807) is 57.2 Å². The van der Waals surface area contributed by atoms with Crippen molar-refractivity contribution in [3.05, 3.63) is 36.4 Å². The molecule has 0 aliphatic rings. The van der Waals surface area contributed by atoms with E-state index >= 15 is 0 Å². The van der Waals surface area contributed by atoms with Crippen molar-refractivity contribution in [1.82, 2.24) is 9.13 Å². The summed E-state index contributed by atoms with van der Waals surface area (Å²) in [4.78, 5) is 21.6. The molecule has 0 fully saturated rings. The number of carbonyl (C=O) groups is 2. The van der Waals surface area contributed by atoms with Gasteiger partial charge in [-0.3, -0.25) is 0 Å². The molecule has 30 heavy (non-hydrogen) atoms. The molecule has 0 aromatic carbocycles. The van der Waals surface area contributed by atoms with Crippen LogP contribution in [0.3, 0.4) is 0 Å². The lowest BCUT2D eigenvalue weighted by Crippen LogP contribution is -2.41. The molecule has 0 amide bonds. The van der Waals surface area contributed by atoms with Gasteiger partial charge in [-0.15, -0.1) is 0 Å². The molecule has 168 valence electrons. The minimum atomic E-state index is -1.12. The molecule has 2 heterocycles. The van der Waals surface area contributed by atoms with Crippen molar-refractivity contribution in [3.63, 3.8) is 0 Å². The number of unbranched alkanes of at least 4 members (excludes halogenated alkanes) is 6. The summed E-state index contributed by atoms with van der Waals surface area (Å²) >= 11 is 0. The maximum absolute atomic E-state index is 10.9. The van der Waals surface area contributed by atoms with Gasteiger partial charge in [-0.2, -0.15) is 0 Å². The average molecular weight is 421 g/mol. The third-order valence-corrected chi connectivity index (χ3v) is 5.02. The van der Waals surface area contributed by atoms with Crippen LogP contribution in [0.5, 0.6) is 0 Å². The van der Waals surface area contributed by atoms with Crippen LogP contribution in [0.4, 0.5) is 0 Å². The van der Waals surface area contributed by atoms with Gasteiger partial charge in [0.25, 0.3) is 0 Å². The Morgan fingerprint density at radius 2 is 1.13 bits per heavy atom. The Morgan fingerprint density at radius 1 is 0.733 bits per heavy atom. The van der Waals surface area contributed by atoms with Gasteiger partial charge in [0.05, 0.1) is 27.2 Å². The van der Waals surface area contributed by atoms with E-state index in [2.05, 4.69) is 13.8 Å². The summed E-state index contributed by atoms with van der Waals surface area (Å²) in [6.07, 6.45) is 16.3. The quantitative estimate of drug-likeness (QED) is 0.369. The highest BCUT2D eigenvalue weighted by Crippen LogP contribution is 2.07. The zero-order valence-electron chi connectivity index (χ0n) is 18.8. The van der Waals surface area contributed by atoms with E-state index in [0.29, 0.717) is 0 Å². The fourth-order valence-corrected chi connectivity index (χ4v) is 3.32. The second-order valence-electron chi connectivity index (χ2n) is 7.55. The van der Waals surface area contributed by atoms with E-state index in [1.165, 1.54) is 25.7 Å². The maximum atomic E-state index is 10.9. The topological polar surface area (TPSA) is 97.9 Å². The van der Waals surface area contributed by atoms with Gasteiger partial charge >= 0.3 is 11.6 Å². The summed E-state index contributed by atoms with van der Waals surface area (Å²) < 4.78 is 6.62. The molecular weight excluding hydrogens is 384 g/mol. The summed E-state index contributed by atoms with van der Waals surface area (Å²) in [7, 11) is 3.43. The fraction of sp³-hybridized carbons (Fsp3) is 0.636. The lowest BCUT2D eigenvalue weighted by molar-refractivity contribution is -0.675. The molecule has 0 bridgehead atoms. The lowest BCUT2D eigenvalue weighted by atomic mass is 10.1. The Bertz CT molecular complexity index is 795. The number of aryl methyl sites for hydroxylation is 4. The van der Waals surface area contributed by atoms with Crippen molar-refractivity contribution in [2.45, 2.75) is 78.3 Å². The maximum Gasteiger partial charge on any atom is 0.304 e. The summed E-state index contributed by atoms with van der Waals surface area (Å²) in [6.45, 7) is 5.77. The predicted molar refractivity (Wildman–Crippen MR) is 108 cm³/mol. The van der Waals surface area contributed by atoms with Crippen LogP contribution in [-0.4, -0.2) is 21.1 Å². The summed E-state index contributed by atoms with van der Waals surface area (Å²) in [5, 5.41) is 21.6. The molecule has 0 spiro atoms. The standard InChI is InChI=1S/C13H22N2O2.C9H14N2O2/c1-3-4-5-6-7-8-9-15-11-10-14(2)12(15)13(16)17;1-3-4-5-11-7-6-10(2)8(11)9(12)13/h10-11H,3-9H2,1-2H3;6-7H,3-5H2,1-2H3. The first-order valence-corrected chi connectivity index (χ1v) is 10.9. The van der Waals surface area contributed by atoms with Crippen molar-refractivity contribution in [2.24, 2.45) is 14.1 Å². The Labute approximate surface area is 179 Å². The molecule has 0 N–H and O–H groups in total. The largest absolute Gasteiger partial charge is 0.538 e. The second-order valence-corrected chi connectivity index (χ2v) is 7.55. The van der Waals surface area contributed by atoms with Crippen molar-refractivity contribution >= 4 is 11.9 Å². The van der Waals surface area contributed by atoms with Gasteiger partial charge in [-0.05, 0) is 19.3 Å². The van der Waals surface area contributed by atoms with Crippen molar-refractivity contribution < 1.29 is 28.9 Å². The molecule has 2 aromatic rings. The Morgan fingerprint density at radius 3 is 1.57 bits per heavy atom. The number of carboxylic acid groups (broad SMARTS) is 2. The average Bonchev–Trinajstić information content (AvgIpc) is 3.25. The predicted octanol–water partition coefficient (Wildman–Crippen LogP) is 0.513. The molecule has 0 aliphatic carbocycles. The summed E-state index contributed by atoms with van der Waals surface area (Å²) in [5.74, 6) is -1.75. The van der Waals surface area contributed by atoms with E-state index in [1.807, 2.05) is 0 Å². The molecule has 0 radical (unpaired) electrons. The normalized spacial score (nSPS) is 10.5. The third-order valence-electron chi connectivity index (χ3n) is 5.02. The molecule has 0 unspecified atom stereocenters. The number of rotatable bonds is 12. The van der Waals surface area contributed by atoms with E-state index in [4.69, 9.17) is 0 Å². The van der Waals surface area contributed by atoms with Crippen LogP contribution in [0.1, 0.15) is 86.5 Å². The lowest BCUT2D eigenvalue weighted by Gasteiger charge is -2.03. The Balaban J connectivity index is 0.000000311. The molecular formula is C22H36N4O4. The van der Waals surface area contributed by atoms with Gasteiger partial charge in [0.15, 0.2) is 11.9 Å². The zero-order chi connectivity index (χ0) is 22.5. The van der Waals surface area contributed by atoms with Crippen LogP contribution < -0.4 is 19.3 Å². The van der Waals surface area contributed by atoms with Gasteiger partial charge in [-0.25, -0.2) is 18.3 Å². The number of aromatic carboxylic acids is 2. The van der Waals surface area contributed by atoms with Gasteiger partial charge in [-0.1, -0.05) is 46.0 Å². The van der Waals surface area contributed by atoms with Gasteiger partial charge in [0.2, 0.25) is 0 Å². The zero-order valence-corrected chi connectivity index (χ0v) is 18.8. The van der Waals surface area contributed by atoms with Crippen LogP contribution in [0.15, 0.2) is 24.8 Å². The molecule has 8 nitrogen and oxygen atoms in total. The van der Waals surface area contributed by atoms with Crippen LogP contribution >= 0.6 is 0 Å². The molecule has 0 saturated heterocycles. The number of carboxylic acids is 2. The van der Waals surface area contributed by atoms with E-state index < -0.39 is 11.9 Å². The molecule has 2 rings (SSSR count).